The van der Waals surface area contributed by atoms with Crippen LogP contribution in [0.25, 0.3) is 0 Å². The van der Waals surface area contributed by atoms with Crippen molar-refractivity contribution in [3.63, 3.8) is 0 Å². The van der Waals surface area contributed by atoms with Gasteiger partial charge in [-0.25, -0.2) is 4.39 Å². The zero-order chi connectivity index (χ0) is 13.7. The van der Waals surface area contributed by atoms with E-state index in [-0.39, 0.29) is 12.4 Å². The van der Waals surface area contributed by atoms with Crippen molar-refractivity contribution in [1.29, 1.82) is 0 Å². The fourth-order valence-electron chi connectivity index (χ4n) is 1.56. The summed E-state index contributed by atoms with van der Waals surface area (Å²) in [5.41, 5.74) is 1.20. The lowest BCUT2D eigenvalue weighted by Gasteiger charge is -2.08. The van der Waals surface area contributed by atoms with Gasteiger partial charge in [0, 0.05) is 5.56 Å². The van der Waals surface area contributed by atoms with Crippen LogP contribution in [0.5, 0.6) is 5.75 Å². The fraction of sp³-hybridized carbons (Fsp3) is 0.0714. The van der Waals surface area contributed by atoms with E-state index < -0.39 is 0 Å². The average Bonchev–Trinajstić information content (AvgIpc) is 2.40. The largest absolute Gasteiger partial charge is 0.489 e. The highest BCUT2D eigenvalue weighted by Gasteiger charge is 2.07. The van der Waals surface area contributed by atoms with Gasteiger partial charge in [-0.05, 0) is 42.0 Å². The molecule has 2 aromatic carbocycles. The molecule has 0 aromatic heterocycles. The Morgan fingerprint density at radius 2 is 1.95 bits per heavy atom. The lowest BCUT2D eigenvalue weighted by atomic mass is 10.2. The summed E-state index contributed by atoms with van der Waals surface area (Å²) in [6, 6.07) is 11.7. The minimum atomic E-state index is -0.376. The smallest absolute Gasteiger partial charge is 0.131 e. The van der Waals surface area contributed by atoms with Gasteiger partial charge in [-0.15, -0.1) is 0 Å². The van der Waals surface area contributed by atoms with Crippen molar-refractivity contribution in [2.45, 2.75) is 6.61 Å². The predicted octanol–water partition coefficient (Wildman–Crippen LogP) is 3.35. The lowest BCUT2D eigenvalue weighted by molar-refractivity contribution is 0.300. The van der Waals surface area contributed by atoms with Gasteiger partial charge in [-0.1, -0.05) is 17.7 Å². The molecule has 0 bridgehead atoms. The molecule has 0 spiro atoms. The lowest BCUT2D eigenvalue weighted by Crippen LogP contribution is -1.99. The van der Waals surface area contributed by atoms with Crippen LogP contribution in [0.2, 0.25) is 5.02 Å². The molecule has 2 aromatic rings. The van der Waals surface area contributed by atoms with E-state index in [9.17, 15) is 4.39 Å². The van der Waals surface area contributed by atoms with Crippen LogP contribution < -0.4 is 10.6 Å². The van der Waals surface area contributed by atoms with Gasteiger partial charge >= 0.3 is 0 Å². The Hall–Kier alpha value is -2.07. The first-order chi connectivity index (χ1) is 9.20. The molecule has 98 valence electrons. The Labute approximate surface area is 115 Å². The number of hydrogen-bond donors (Lipinski definition) is 1. The third kappa shape index (κ3) is 3.45. The number of hydrazone groups is 1. The number of halogens is 2. The third-order valence-electron chi connectivity index (χ3n) is 2.55. The summed E-state index contributed by atoms with van der Waals surface area (Å²) in [6.07, 6.45) is 1.53. The van der Waals surface area contributed by atoms with Crippen LogP contribution in [0.4, 0.5) is 4.39 Å². The number of benzene rings is 2. The SMILES string of the molecule is NN=Cc1ccc(OCc2c(F)cccc2Cl)cc1. The standard InChI is InChI=1S/C14H12ClFN2O/c15-13-2-1-3-14(16)12(13)9-19-11-6-4-10(5-7-11)8-18-17/h1-8H,9,17H2. The van der Waals surface area contributed by atoms with E-state index in [1.54, 1.807) is 36.4 Å². The molecule has 0 aliphatic carbocycles. The van der Waals surface area contributed by atoms with E-state index in [0.29, 0.717) is 16.3 Å². The Morgan fingerprint density at radius 3 is 2.58 bits per heavy atom. The van der Waals surface area contributed by atoms with Gasteiger partial charge in [0.05, 0.1) is 11.2 Å². The molecule has 5 heteroatoms. The average molecular weight is 279 g/mol. The maximum atomic E-state index is 13.5. The zero-order valence-corrected chi connectivity index (χ0v) is 10.8. The van der Waals surface area contributed by atoms with Gasteiger partial charge < -0.3 is 10.6 Å². The highest BCUT2D eigenvalue weighted by molar-refractivity contribution is 6.31. The molecule has 2 N–H and O–H groups in total. The summed E-state index contributed by atoms with van der Waals surface area (Å²) in [5.74, 6) is 5.29. The summed E-state index contributed by atoms with van der Waals surface area (Å²) < 4.78 is 19.0. The first kappa shape index (κ1) is 13.4. The van der Waals surface area contributed by atoms with E-state index in [0.717, 1.165) is 5.56 Å². The monoisotopic (exact) mass is 278 g/mol. The van der Waals surface area contributed by atoms with Crippen LogP contribution in [0.3, 0.4) is 0 Å². The molecule has 0 aliphatic rings. The van der Waals surface area contributed by atoms with Crippen LogP contribution in [-0.4, -0.2) is 6.21 Å². The second kappa shape index (κ2) is 6.20. The van der Waals surface area contributed by atoms with Crippen LogP contribution >= 0.6 is 11.6 Å². The Morgan fingerprint density at radius 1 is 1.21 bits per heavy atom. The predicted molar refractivity (Wildman–Crippen MR) is 74.0 cm³/mol. The number of hydrogen-bond acceptors (Lipinski definition) is 3. The van der Waals surface area contributed by atoms with Gasteiger partial charge in [-0.2, -0.15) is 5.10 Å². The number of nitrogens with zero attached hydrogens (tertiary/aromatic N) is 1. The molecule has 0 radical (unpaired) electrons. The van der Waals surface area contributed by atoms with E-state index in [1.807, 2.05) is 0 Å². The van der Waals surface area contributed by atoms with E-state index in [4.69, 9.17) is 22.2 Å². The molecule has 0 saturated heterocycles. The van der Waals surface area contributed by atoms with Crippen molar-refractivity contribution >= 4 is 17.8 Å². The van der Waals surface area contributed by atoms with Gasteiger partial charge in [0.2, 0.25) is 0 Å². The van der Waals surface area contributed by atoms with E-state index in [2.05, 4.69) is 5.10 Å². The van der Waals surface area contributed by atoms with E-state index >= 15 is 0 Å². The molecule has 0 unspecified atom stereocenters. The van der Waals surface area contributed by atoms with Crippen molar-refractivity contribution < 1.29 is 9.13 Å². The van der Waals surface area contributed by atoms with Gasteiger partial charge in [0.15, 0.2) is 0 Å². The first-order valence-corrected chi connectivity index (χ1v) is 5.97. The minimum Gasteiger partial charge on any atom is -0.489 e. The molecule has 0 fully saturated rings. The molecular weight excluding hydrogens is 267 g/mol. The maximum Gasteiger partial charge on any atom is 0.131 e. The summed E-state index contributed by atoms with van der Waals surface area (Å²) in [5, 5.41) is 3.77. The molecule has 3 nitrogen and oxygen atoms in total. The molecule has 2 rings (SSSR count). The highest BCUT2D eigenvalue weighted by Crippen LogP contribution is 2.21. The van der Waals surface area contributed by atoms with Gasteiger partial charge in [-0.3, -0.25) is 0 Å². The van der Waals surface area contributed by atoms with Gasteiger partial charge in [0.25, 0.3) is 0 Å². The van der Waals surface area contributed by atoms with Crippen LogP contribution in [0.1, 0.15) is 11.1 Å². The van der Waals surface area contributed by atoms with Crippen LogP contribution in [0.15, 0.2) is 47.6 Å². The Bertz CT molecular complexity index is 564. The molecule has 0 saturated carbocycles. The topological polar surface area (TPSA) is 47.6 Å². The van der Waals surface area contributed by atoms with Gasteiger partial charge in [0.1, 0.15) is 18.2 Å². The Balaban J connectivity index is 2.06. The molecule has 0 atom stereocenters. The van der Waals surface area contributed by atoms with Crippen molar-refractivity contribution in [1.82, 2.24) is 0 Å². The third-order valence-corrected chi connectivity index (χ3v) is 2.90. The summed E-state index contributed by atoms with van der Waals surface area (Å²) in [6.45, 7) is 0.0792. The van der Waals surface area contributed by atoms with E-state index in [1.165, 1.54) is 12.3 Å². The highest BCUT2D eigenvalue weighted by atomic mass is 35.5. The zero-order valence-electron chi connectivity index (χ0n) is 10.0. The Kier molecular flexibility index (Phi) is 4.36. The number of ether oxygens (including phenoxy) is 1. The van der Waals surface area contributed by atoms with Crippen LogP contribution in [0, 0.1) is 5.82 Å². The molecule has 0 amide bonds. The second-order valence-electron chi connectivity index (χ2n) is 3.84. The number of rotatable bonds is 4. The molecule has 0 aliphatic heterocycles. The first-order valence-electron chi connectivity index (χ1n) is 5.59. The summed E-state index contributed by atoms with van der Waals surface area (Å²) >= 11 is 5.91. The molecule has 19 heavy (non-hydrogen) atoms. The van der Waals surface area contributed by atoms with Crippen LogP contribution in [-0.2, 0) is 6.61 Å². The normalized spacial score (nSPS) is 10.8. The van der Waals surface area contributed by atoms with Crippen molar-refractivity contribution in [3.8, 4) is 5.75 Å². The fourth-order valence-corrected chi connectivity index (χ4v) is 1.78. The number of nitrogens with two attached hydrogens (primary N) is 1. The van der Waals surface area contributed by atoms with Crippen molar-refractivity contribution in [2.75, 3.05) is 0 Å². The van der Waals surface area contributed by atoms with Crippen molar-refractivity contribution in [2.24, 2.45) is 10.9 Å². The summed E-state index contributed by atoms with van der Waals surface area (Å²) in [4.78, 5) is 0. The summed E-state index contributed by atoms with van der Waals surface area (Å²) in [7, 11) is 0. The molecule has 0 heterocycles. The maximum absolute atomic E-state index is 13.5. The second-order valence-corrected chi connectivity index (χ2v) is 4.24. The molecular formula is C14H12ClFN2O. The van der Waals surface area contributed by atoms with Crippen molar-refractivity contribution in [3.05, 3.63) is 64.4 Å². The minimum absolute atomic E-state index is 0.0792. The quantitative estimate of drug-likeness (QED) is 0.530.